The fraction of sp³-hybridized carbons (Fsp3) is 0.188. The fourth-order valence-electron chi connectivity index (χ4n) is 1.80. The third kappa shape index (κ3) is 4.88. The number of carbonyl (C=O) groups is 1. The molecule has 0 aromatic heterocycles. The quantitative estimate of drug-likeness (QED) is 0.704. The van der Waals surface area contributed by atoms with Crippen molar-refractivity contribution in [3.8, 4) is 5.75 Å². The first-order valence-corrected chi connectivity index (χ1v) is 7.94. The Kier molecular flexibility index (Phi) is 5.77. The molecule has 8 heteroatoms. The largest absolute Gasteiger partial charge is 0.481 e. The molecule has 1 amide bonds. The fourth-order valence-corrected chi connectivity index (χ4v) is 2.23. The van der Waals surface area contributed by atoms with Crippen molar-refractivity contribution in [3.05, 3.63) is 57.5 Å². The molecule has 1 N–H and O–H groups in total. The van der Waals surface area contributed by atoms with Gasteiger partial charge in [-0.25, -0.2) is 0 Å². The summed E-state index contributed by atoms with van der Waals surface area (Å²) in [5.74, 6) is -0.157. The summed E-state index contributed by atoms with van der Waals surface area (Å²) in [6, 6.07) is 9.51. The second kappa shape index (κ2) is 7.44. The van der Waals surface area contributed by atoms with Crippen LogP contribution >= 0.6 is 27.5 Å². The minimum atomic E-state index is -4.52. The SMILES string of the molecule is C[C@@H](Oc1ccc(Br)cc1)C(=O)Nc1cc(C(F)(F)F)ccc1Cl. The van der Waals surface area contributed by atoms with Gasteiger partial charge in [0.1, 0.15) is 5.75 Å². The standard InChI is InChI=1S/C16H12BrClF3NO2/c1-9(24-12-5-3-11(17)4-6-12)15(23)22-14-8-10(16(19,20)21)2-7-13(14)18/h2-9H,1H3,(H,22,23)/t9-/m1/s1. The third-order valence-corrected chi connectivity index (χ3v) is 3.91. The Morgan fingerprint density at radius 1 is 1.21 bits per heavy atom. The van der Waals surface area contributed by atoms with Crippen molar-refractivity contribution in [2.75, 3.05) is 5.32 Å². The maximum Gasteiger partial charge on any atom is 0.416 e. The molecule has 0 unspecified atom stereocenters. The van der Waals surface area contributed by atoms with Crippen LogP contribution in [0.25, 0.3) is 0 Å². The summed E-state index contributed by atoms with van der Waals surface area (Å²) in [6.07, 6.45) is -5.44. The van der Waals surface area contributed by atoms with Gasteiger partial charge in [-0.15, -0.1) is 0 Å². The molecule has 2 aromatic carbocycles. The van der Waals surface area contributed by atoms with Gasteiger partial charge in [-0.2, -0.15) is 13.2 Å². The molecule has 0 aliphatic carbocycles. The highest BCUT2D eigenvalue weighted by atomic mass is 79.9. The van der Waals surface area contributed by atoms with Crippen molar-refractivity contribution >= 4 is 39.1 Å². The van der Waals surface area contributed by atoms with Crippen LogP contribution in [-0.4, -0.2) is 12.0 Å². The van der Waals surface area contributed by atoms with E-state index in [2.05, 4.69) is 21.2 Å². The summed E-state index contributed by atoms with van der Waals surface area (Å²) < 4.78 is 44.5. The maximum absolute atomic E-state index is 12.7. The van der Waals surface area contributed by atoms with Crippen molar-refractivity contribution in [1.29, 1.82) is 0 Å². The van der Waals surface area contributed by atoms with Gasteiger partial charge in [-0.1, -0.05) is 27.5 Å². The predicted octanol–water partition coefficient (Wildman–Crippen LogP) is 5.53. The first-order chi connectivity index (χ1) is 11.2. The summed E-state index contributed by atoms with van der Waals surface area (Å²) in [6.45, 7) is 1.49. The van der Waals surface area contributed by atoms with Crippen LogP contribution in [0.15, 0.2) is 46.9 Å². The second-order valence-corrected chi connectivity index (χ2v) is 6.22. The molecule has 0 heterocycles. The van der Waals surface area contributed by atoms with Crippen LogP contribution in [0.2, 0.25) is 5.02 Å². The number of halogens is 5. The van der Waals surface area contributed by atoms with Crippen LogP contribution in [0, 0.1) is 0 Å². The molecule has 1 atom stereocenters. The van der Waals surface area contributed by atoms with Crippen molar-refractivity contribution in [1.82, 2.24) is 0 Å². The molecule has 0 aliphatic rings. The summed E-state index contributed by atoms with van der Waals surface area (Å²) in [7, 11) is 0. The van der Waals surface area contributed by atoms with Crippen LogP contribution in [0.4, 0.5) is 18.9 Å². The lowest BCUT2D eigenvalue weighted by atomic mass is 10.2. The number of rotatable bonds is 4. The van der Waals surface area contributed by atoms with Gasteiger partial charge in [0.2, 0.25) is 0 Å². The zero-order valence-corrected chi connectivity index (χ0v) is 14.7. The van der Waals surface area contributed by atoms with Crippen molar-refractivity contribution in [2.24, 2.45) is 0 Å². The molecule has 0 bridgehead atoms. The van der Waals surface area contributed by atoms with Crippen LogP contribution < -0.4 is 10.1 Å². The van der Waals surface area contributed by atoms with Gasteiger partial charge >= 0.3 is 6.18 Å². The molecule has 0 spiro atoms. The summed E-state index contributed by atoms with van der Waals surface area (Å²) >= 11 is 9.12. The average molecular weight is 423 g/mol. The van der Waals surface area contributed by atoms with Crippen LogP contribution in [-0.2, 0) is 11.0 Å². The van der Waals surface area contributed by atoms with Crippen LogP contribution in [0.1, 0.15) is 12.5 Å². The molecular formula is C16H12BrClF3NO2. The van der Waals surface area contributed by atoms with Gasteiger partial charge in [0.15, 0.2) is 6.10 Å². The Morgan fingerprint density at radius 2 is 1.83 bits per heavy atom. The normalized spacial score (nSPS) is 12.6. The first kappa shape index (κ1) is 18.6. The van der Waals surface area contributed by atoms with Crippen molar-refractivity contribution < 1.29 is 22.7 Å². The number of ether oxygens (including phenoxy) is 1. The number of anilines is 1. The molecule has 2 rings (SSSR count). The second-order valence-electron chi connectivity index (χ2n) is 4.90. The Hall–Kier alpha value is -1.73. The van der Waals surface area contributed by atoms with Crippen LogP contribution in [0.3, 0.4) is 0 Å². The highest BCUT2D eigenvalue weighted by molar-refractivity contribution is 9.10. The zero-order chi connectivity index (χ0) is 17.9. The highest BCUT2D eigenvalue weighted by Gasteiger charge is 2.31. The van der Waals surface area contributed by atoms with E-state index in [1.807, 2.05) is 0 Å². The molecule has 128 valence electrons. The summed E-state index contributed by atoms with van der Waals surface area (Å²) in [4.78, 5) is 12.1. The first-order valence-electron chi connectivity index (χ1n) is 6.76. The number of hydrogen-bond acceptors (Lipinski definition) is 2. The lowest BCUT2D eigenvalue weighted by Gasteiger charge is -2.16. The Balaban J connectivity index is 2.09. The Bertz CT molecular complexity index is 735. The number of hydrogen-bond donors (Lipinski definition) is 1. The molecule has 0 radical (unpaired) electrons. The van der Waals surface area contributed by atoms with E-state index in [9.17, 15) is 18.0 Å². The van der Waals surface area contributed by atoms with Gasteiger partial charge in [0, 0.05) is 4.47 Å². The average Bonchev–Trinajstić information content (AvgIpc) is 2.50. The van der Waals surface area contributed by atoms with Gasteiger partial charge < -0.3 is 10.1 Å². The third-order valence-electron chi connectivity index (χ3n) is 3.05. The number of amides is 1. The number of benzene rings is 2. The van der Waals surface area contributed by atoms with E-state index in [1.165, 1.54) is 6.92 Å². The van der Waals surface area contributed by atoms with E-state index in [4.69, 9.17) is 16.3 Å². The molecule has 0 saturated heterocycles. The monoisotopic (exact) mass is 421 g/mol. The maximum atomic E-state index is 12.7. The van der Waals surface area contributed by atoms with Gasteiger partial charge in [0.05, 0.1) is 16.3 Å². The van der Waals surface area contributed by atoms with E-state index in [-0.39, 0.29) is 10.7 Å². The van der Waals surface area contributed by atoms with E-state index in [0.29, 0.717) is 5.75 Å². The molecule has 24 heavy (non-hydrogen) atoms. The molecule has 0 aliphatic heterocycles. The van der Waals surface area contributed by atoms with Crippen LogP contribution in [0.5, 0.6) is 5.75 Å². The molecule has 3 nitrogen and oxygen atoms in total. The van der Waals surface area contributed by atoms with E-state index in [0.717, 1.165) is 22.7 Å². The molecule has 2 aromatic rings. The van der Waals surface area contributed by atoms with Gasteiger partial charge in [-0.05, 0) is 49.4 Å². The van der Waals surface area contributed by atoms with E-state index < -0.39 is 23.8 Å². The summed E-state index contributed by atoms with van der Waals surface area (Å²) in [5, 5.41) is 2.36. The van der Waals surface area contributed by atoms with Gasteiger partial charge in [0.25, 0.3) is 5.91 Å². The van der Waals surface area contributed by atoms with Gasteiger partial charge in [-0.3, -0.25) is 4.79 Å². The summed E-state index contributed by atoms with van der Waals surface area (Å²) in [5.41, 5.74) is -1.02. The highest BCUT2D eigenvalue weighted by Crippen LogP contribution is 2.33. The smallest absolute Gasteiger partial charge is 0.416 e. The Labute approximate surface area is 149 Å². The number of nitrogens with one attached hydrogen (secondary N) is 1. The van der Waals surface area contributed by atoms with Crippen molar-refractivity contribution in [3.63, 3.8) is 0 Å². The minimum absolute atomic E-state index is 0.00666. The predicted molar refractivity (Wildman–Crippen MR) is 89.3 cm³/mol. The topological polar surface area (TPSA) is 38.3 Å². The molecule has 0 fully saturated rings. The number of carbonyl (C=O) groups excluding carboxylic acids is 1. The number of alkyl halides is 3. The molecule has 0 saturated carbocycles. The van der Waals surface area contributed by atoms with Crippen molar-refractivity contribution in [2.45, 2.75) is 19.2 Å². The Morgan fingerprint density at radius 3 is 2.42 bits per heavy atom. The minimum Gasteiger partial charge on any atom is -0.481 e. The zero-order valence-electron chi connectivity index (χ0n) is 12.3. The lowest BCUT2D eigenvalue weighted by molar-refractivity contribution is -0.137. The lowest BCUT2D eigenvalue weighted by Crippen LogP contribution is -2.30. The van der Waals surface area contributed by atoms with E-state index >= 15 is 0 Å². The molecular weight excluding hydrogens is 411 g/mol. The van der Waals surface area contributed by atoms with E-state index in [1.54, 1.807) is 24.3 Å².